The van der Waals surface area contributed by atoms with Gasteiger partial charge in [0.25, 0.3) is 10.8 Å². The van der Waals surface area contributed by atoms with Crippen LogP contribution in [0.5, 0.6) is 0 Å². The predicted octanol–water partition coefficient (Wildman–Crippen LogP) is 2.12. The Bertz CT molecular complexity index is 1160. The van der Waals surface area contributed by atoms with Gasteiger partial charge in [0.15, 0.2) is 0 Å². The minimum Gasteiger partial charge on any atom is -0.273 e. The minimum atomic E-state index is -0.824. The second kappa shape index (κ2) is 7.88. The van der Waals surface area contributed by atoms with E-state index in [-0.39, 0.29) is 18.2 Å². The number of para-hydroxylation sites is 1. The standard InChI is InChI=1S/C20H16N4O4S/c25-17(22-24-12-21-15-9-5-4-8-14(15)18(24)26)10-16-19(27)23(20(28)29-16)11-13-6-2-1-3-7-13/h1-9,12,16H,10-11H2,(H,22,25). The molecule has 9 heteroatoms. The molecule has 1 unspecified atom stereocenters. The maximum atomic E-state index is 12.6. The molecule has 1 atom stereocenters. The molecular formula is C20H16N4O4S. The molecule has 4 rings (SSSR count). The molecule has 0 spiro atoms. The van der Waals surface area contributed by atoms with Gasteiger partial charge in [0, 0.05) is 6.42 Å². The van der Waals surface area contributed by atoms with Gasteiger partial charge in [-0.25, -0.2) is 9.66 Å². The Hall–Kier alpha value is -3.46. The highest BCUT2D eigenvalue weighted by Gasteiger charge is 2.40. The highest BCUT2D eigenvalue weighted by molar-refractivity contribution is 8.15. The fraction of sp³-hybridized carbons (Fsp3) is 0.150. The Morgan fingerprint density at radius 1 is 1.03 bits per heavy atom. The van der Waals surface area contributed by atoms with E-state index in [1.807, 2.05) is 30.3 Å². The van der Waals surface area contributed by atoms with Crippen LogP contribution in [0.4, 0.5) is 4.79 Å². The first-order valence-corrected chi connectivity index (χ1v) is 9.73. The number of thioether (sulfide) groups is 1. The Balaban J connectivity index is 1.44. The molecule has 1 N–H and O–H groups in total. The number of fused-ring (bicyclic) bond motifs is 1. The normalized spacial score (nSPS) is 16.4. The number of aromatic nitrogens is 2. The van der Waals surface area contributed by atoms with Gasteiger partial charge in [0.05, 0.1) is 17.4 Å². The summed E-state index contributed by atoms with van der Waals surface area (Å²) in [7, 11) is 0. The molecule has 146 valence electrons. The zero-order valence-corrected chi connectivity index (χ0v) is 16.0. The first kappa shape index (κ1) is 18.9. The van der Waals surface area contributed by atoms with Crippen LogP contribution in [0.2, 0.25) is 0 Å². The van der Waals surface area contributed by atoms with Crippen molar-refractivity contribution in [3.8, 4) is 0 Å². The third-order valence-electron chi connectivity index (χ3n) is 4.47. The molecule has 0 bridgehead atoms. The lowest BCUT2D eigenvalue weighted by atomic mass is 10.2. The molecule has 3 amide bonds. The van der Waals surface area contributed by atoms with Gasteiger partial charge in [-0.2, -0.15) is 0 Å². The summed E-state index contributed by atoms with van der Waals surface area (Å²) in [5.74, 6) is -0.965. The number of hydrogen-bond donors (Lipinski definition) is 1. The van der Waals surface area contributed by atoms with E-state index in [0.717, 1.165) is 26.9 Å². The van der Waals surface area contributed by atoms with Crippen LogP contribution in [-0.2, 0) is 16.1 Å². The van der Waals surface area contributed by atoms with Crippen molar-refractivity contribution >= 4 is 39.7 Å². The first-order chi connectivity index (χ1) is 14.0. The van der Waals surface area contributed by atoms with Crippen molar-refractivity contribution in [1.29, 1.82) is 0 Å². The number of rotatable bonds is 5. The topological polar surface area (TPSA) is 101 Å². The maximum absolute atomic E-state index is 12.6. The lowest BCUT2D eigenvalue weighted by molar-refractivity contribution is -0.129. The van der Waals surface area contributed by atoms with Gasteiger partial charge in [-0.1, -0.05) is 54.2 Å². The first-order valence-electron chi connectivity index (χ1n) is 8.85. The summed E-state index contributed by atoms with van der Waals surface area (Å²) in [6.45, 7) is 0.164. The molecule has 29 heavy (non-hydrogen) atoms. The van der Waals surface area contributed by atoms with Crippen molar-refractivity contribution in [2.75, 3.05) is 5.43 Å². The minimum absolute atomic E-state index is 0.164. The third kappa shape index (κ3) is 3.90. The number of nitrogens with one attached hydrogen (secondary N) is 1. The maximum Gasteiger partial charge on any atom is 0.289 e. The Morgan fingerprint density at radius 2 is 1.76 bits per heavy atom. The monoisotopic (exact) mass is 408 g/mol. The molecule has 1 aliphatic heterocycles. The van der Waals surface area contributed by atoms with Crippen LogP contribution in [0.3, 0.4) is 0 Å². The number of nitrogens with zero attached hydrogens (tertiary/aromatic N) is 3. The van der Waals surface area contributed by atoms with E-state index in [0.29, 0.717) is 10.9 Å². The summed E-state index contributed by atoms with van der Waals surface area (Å²) < 4.78 is 0.984. The van der Waals surface area contributed by atoms with Crippen LogP contribution in [0, 0.1) is 0 Å². The fourth-order valence-corrected chi connectivity index (χ4v) is 4.02. The number of carbonyl (C=O) groups is 3. The predicted molar refractivity (Wildman–Crippen MR) is 109 cm³/mol. The van der Waals surface area contributed by atoms with Gasteiger partial charge in [-0.15, -0.1) is 0 Å². The van der Waals surface area contributed by atoms with E-state index in [4.69, 9.17) is 0 Å². The van der Waals surface area contributed by atoms with E-state index in [2.05, 4.69) is 10.4 Å². The number of carbonyl (C=O) groups excluding carboxylic acids is 3. The third-order valence-corrected chi connectivity index (χ3v) is 5.54. The van der Waals surface area contributed by atoms with Crippen molar-refractivity contribution in [2.24, 2.45) is 0 Å². The van der Waals surface area contributed by atoms with Gasteiger partial charge < -0.3 is 0 Å². The lowest BCUT2D eigenvalue weighted by Gasteiger charge is -2.14. The average molecular weight is 408 g/mol. The van der Waals surface area contributed by atoms with Gasteiger partial charge >= 0.3 is 0 Å². The van der Waals surface area contributed by atoms with Crippen molar-refractivity contribution in [1.82, 2.24) is 14.6 Å². The molecule has 8 nitrogen and oxygen atoms in total. The number of hydrogen-bond acceptors (Lipinski definition) is 6. The zero-order chi connectivity index (χ0) is 20.4. The van der Waals surface area contributed by atoms with E-state index < -0.39 is 22.6 Å². The number of benzene rings is 2. The second-order valence-electron chi connectivity index (χ2n) is 6.46. The molecular weight excluding hydrogens is 392 g/mol. The Morgan fingerprint density at radius 3 is 2.55 bits per heavy atom. The largest absolute Gasteiger partial charge is 0.289 e. The quantitative estimate of drug-likeness (QED) is 0.694. The molecule has 0 radical (unpaired) electrons. The molecule has 1 saturated heterocycles. The van der Waals surface area contributed by atoms with Crippen LogP contribution in [-0.4, -0.2) is 36.9 Å². The van der Waals surface area contributed by atoms with Gasteiger partial charge in [0.2, 0.25) is 11.8 Å². The highest BCUT2D eigenvalue weighted by Crippen LogP contribution is 2.30. The Kier molecular flexibility index (Phi) is 5.13. The summed E-state index contributed by atoms with van der Waals surface area (Å²) in [6.07, 6.45) is 0.999. The summed E-state index contributed by atoms with van der Waals surface area (Å²) >= 11 is 0.820. The smallest absolute Gasteiger partial charge is 0.273 e. The van der Waals surface area contributed by atoms with Crippen LogP contribution in [0.1, 0.15) is 12.0 Å². The van der Waals surface area contributed by atoms with Gasteiger partial charge in [-0.3, -0.25) is 29.5 Å². The summed E-state index contributed by atoms with van der Waals surface area (Å²) in [6, 6.07) is 15.9. The van der Waals surface area contributed by atoms with Crippen molar-refractivity contribution in [2.45, 2.75) is 18.2 Å². The van der Waals surface area contributed by atoms with Crippen LogP contribution < -0.4 is 11.0 Å². The van der Waals surface area contributed by atoms with E-state index in [9.17, 15) is 19.2 Å². The second-order valence-corrected chi connectivity index (χ2v) is 7.61. The number of amides is 3. The highest BCUT2D eigenvalue weighted by atomic mass is 32.2. The molecule has 1 aliphatic rings. The SMILES string of the molecule is O=C(CC1SC(=O)N(Cc2ccccc2)C1=O)Nn1cnc2ccccc2c1=O. The lowest BCUT2D eigenvalue weighted by Crippen LogP contribution is -2.36. The van der Waals surface area contributed by atoms with Crippen LogP contribution in [0.15, 0.2) is 65.7 Å². The zero-order valence-electron chi connectivity index (χ0n) is 15.1. The molecule has 0 saturated carbocycles. The van der Waals surface area contributed by atoms with E-state index >= 15 is 0 Å². The molecule has 2 aromatic carbocycles. The molecule has 2 heterocycles. The van der Waals surface area contributed by atoms with E-state index in [1.165, 1.54) is 6.33 Å². The van der Waals surface area contributed by atoms with Crippen molar-refractivity contribution in [3.63, 3.8) is 0 Å². The van der Waals surface area contributed by atoms with Crippen molar-refractivity contribution in [3.05, 3.63) is 76.8 Å². The molecule has 1 aromatic heterocycles. The molecule has 1 fully saturated rings. The summed E-state index contributed by atoms with van der Waals surface area (Å²) in [5.41, 5.74) is 3.36. The summed E-state index contributed by atoms with van der Waals surface area (Å²) in [4.78, 5) is 54.9. The Labute approximate surface area is 169 Å². The van der Waals surface area contributed by atoms with Gasteiger partial charge in [-0.05, 0) is 17.7 Å². The van der Waals surface area contributed by atoms with Crippen molar-refractivity contribution < 1.29 is 14.4 Å². The van der Waals surface area contributed by atoms with Gasteiger partial charge in [0.1, 0.15) is 11.6 Å². The molecule has 3 aromatic rings. The average Bonchev–Trinajstić information content (AvgIpc) is 2.98. The van der Waals surface area contributed by atoms with Crippen LogP contribution >= 0.6 is 11.8 Å². The van der Waals surface area contributed by atoms with E-state index in [1.54, 1.807) is 24.3 Å². The number of imide groups is 1. The van der Waals surface area contributed by atoms with Crippen LogP contribution in [0.25, 0.3) is 10.9 Å². The fourth-order valence-electron chi connectivity index (χ4n) is 3.03. The summed E-state index contributed by atoms with van der Waals surface area (Å²) in [5, 5.41) is -0.845. The molecule has 0 aliphatic carbocycles.